The Bertz CT molecular complexity index is 1040. The Morgan fingerprint density at radius 3 is 2.17 bits per heavy atom. The monoisotopic (exact) mass is 316 g/mol. The average molecular weight is 317 g/mol. The van der Waals surface area contributed by atoms with Gasteiger partial charge in [-0.05, 0) is 27.6 Å². The molecule has 0 heterocycles. The van der Waals surface area contributed by atoms with Crippen molar-refractivity contribution in [3.05, 3.63) is 95.0 Å². The van der Waals surface area contributed by atoms with Gasteiger partial charge in [-0.25, -0.2) is 0 Å². The summed E-state index contributed by atoms with van der Waals surface area (Å²) in [6, 6.07) is 25.2. The minimum Gasteiger partial charge on any atom is -0.289 e. The molecule has 1 nitrogen and oxygen atoms in total. The normalized spacial score (nSPS) is 11.0. The lowest BCUT2D eigenvalue weighted by Crippen LogP contribution is -2.03. The van der Waals surface area contributed by atoms with E-state index in [0.717, 1.165) is 21.5 Å². The minimum absolute atomic E-state index is 0.0449. The number of fused-ring (bicyclic) bond motifs is 3. The number of halogens is 1. The van der Waals surface area contributed by atoms with Crippen molar-refractivity contribution in [3.8, 4) is 0 Å². The van der Waals surface area contributed by atoms with Gasteiger partial charge < -0.3 is 0 Å². The Labute approximate surface area is 139 Å². The van der Waals surface area contributed by atoms with Gasteiger partial charge in [0.1, 0.15) is 0 Å². The summed E-state index contributed by atoms with van der Waals surface area (Å²) in [6.45, 7) is 0. The third kappa shape index (κ3) is 2.30. The number of hydrogen-bond donors (Lipinski definition) is 0. The van der Waals surface area contributed by atoms with Crippen molar-refractivity contribution in [3.63, 3.8) is 0 Å². The molecule has 4 aromatic carbocycles. The van der Waals surface area contributed by atoms with Crippen LogP contribution in [0.2, 0.25) is 5.02 Å². The maximum absolute atomic E-state index is 12.9. The molecule has 0 aliphatic carbocycles. The Morgan fingerprint density at radius 2 is 1.35 bits per heavy atom. The highest BCUT2D eigenvalue weighted by molar-refractivity contribution is 6.37. The van der Waals surface area contributed by atoms with Gasteiger partial charge in [-0.15, -0.1) is 0 Å². The van der Waals surface area contributed by atoms with Crippen LogP contribution in [0.4, 0.5) is 0 Å². The Balaban J connectivity index is 2.05. The Hall–Kier alpha value is -2.64. The fraction of sp³-hybridized carbons (Fsp3) is 0. The Kier molecular flexibility index (Phi) is 3.36. The molecule has 0 atom stereocenters. The molecular formula is C21H13ClO. The highest BCUT2D eigenvalue weighted by Gasteiger charge is 2.17. The third-order valence-corrected chi connectivity index (χ3v) is 4.45. The molecule has 23 heavy (non-hydrogen) atoms. The molecule has 0 bridgehead atoms. The number of carbonyl (C=O) groups is 1. The summed E-state index contributed by atoms with van der Waals surface area (Å²) in [6.07, 6.45) is 0. The summed E-state index contributed by atoms with van der Waals surface area (Å²) in [5.74, 6) is -0.0449. The van der Waals surface area contributed by atoms with E-state index in [1.54, 1.807) is 0 Å². The molecule has 0 spiro atoms. The van der Waals surface area contributed by atoms with Crippen molar-refractivity contribution in [1.82, 2.24) is 0 Å². The van der Waals surface area contributed by atoms with E-state index in [1.807, 2.05) is 66.7 Å². The zero-order valence-electron chi connectivity index (χ0n) is 12.3. The summed E-state index contributed by atoms with van der Waals surface area (Å²) in [4.78, 5) is 12.9. The van der Waals surface area contributed by atoms with E-state index in [-0.39, 0.29) is 5.78 Å². The molecule has 0 aromatic heterocycles. The molecule has 0 aliphatic heterocycles. The largest absolute Gasteiger partial charge is 0.289 e. The van der Waals surface area contributed by atoms with Gasteiger partial charge in [0.05, 0.1) is 5.02 Å². The first-order valence-electron chi connectivity index (χ1n) is 7.45. The highest BCUT2D eigenvalue weighted by Crippen LogP contribution is 2.33. The zero-order chi connectivity index (χ0) is 15.8. The first-order valence-corrected chi connectivity index (χ1v) is 7.83. The molecule has 2 heteroatoms. The lowest BCUT2D eigenvalue weighted by Gasteiger charge is -2.10. The van der Waals surface area contributed by atoms with Gasteiger partial charge in [0.15, 0.2) is 5.78 Å². The van der Waals surface area contributed by atoms with Crippen molar-refractivity contribution < 1.29 is 4.79 Å². The van der Waals surface area contributed by atoms with Crippen LogP contribution in [0.1, 0.15) is 15.9 Å². The van der Waals surface area contributed by atoms with Gasteiger partial charge in [0.2, 0.25) is 0 Å². The van der Waals surface area contributed by atoms with Crippen molar-refractivity contribution in [1.29, 1.82) is 0 Å². The van der Waals surface area contributed by atoms with Gasteiger partial charge in [-0.3, -0.25) is 4.79 Å². The molecule has 4 rings (SSSR count). The molecule has 110 valence electrons. The summed E-state index contributed by atoms with van der Waals surface area (Å²) in [5, 5.41) is 4.71. The van der Waals surface area contributed by atoms with Crippen molar-refractivity contribution in [2.75, 3.05) is 0 Å². The predicted molar refractivity (Wildman–Crippen MR) is 96.3 cm³/mol. The minimum atomic E-state index is -0.0449. The van der Waals surface area contributed by atoms with Gasteiger partial charge >= 0.3 is 0 Å². The van der Waals surface area contributed by atoms with Crippen LogP contribution in [-0.2, 0) is 0 Å². The molecule has 0 amide bonds. The molecule has 0 N–H and O–H groups in total. The van der Waals surface area contributed by atoms with Gasteiger partial charge in [-0.1, -0.05) is 84.4 Å². The first kappa shape index (κ1) is 14.0. The van der Waals surface area contributed by atoms with Gasteiger partial charge in [-0.2, -0.15) is 0 Å². The van der Waals surface area contributed by atoms with Crippen molar-refractivity contribution in [2.24, 2.45) is 0 Å². The average Bonchev–Trinajstić information content (AvgIpc) is 2.61. The van der Waals surface area contributed by atoms with Crippen LogP contribution >= 0.6 is 11.6 Å². The molecular weight excluding hydrogens is 304 g/mol. The molecule has 0 fully saturated rings. The number of hydrogen-bond acceptors (Lipinski definition) is 1. The van der Waals surface area contributed by atoms with Crippen LogP contribution < -0.4 is 0 Å². The van der Waals surface area contributed by atoms with Crippen LogP contribution in [-0.4, -0.2) is 5.78 Å². The number of ketones is 1. The molecule has 0 radical (unpaired) electrons. The van der Waals surface area contributed by atoms with Crippen molar-refractivity contribution in [2.45, 2.75) is 0 Å². The van der Waals surface area contributed by atoms with Crippen LogP contribution in [0.5, 0.6) is 0 Å². The standard InChI is InChI=1S/C21H13ClO/c22-19-13-12-17-16-9-5-4-6-14(16)10-11-18(17)20(19)21(23)15-7-2-1-3-8-15/h1-13H. The lowest BCUT2D eigenvalue weighted by atomic mass is 9.94. The maximum Gasteiger partial charge on any atom is 0.195 e. The maximum atomic E-state index is 12.9. The van der Waals surface area contributed by atoms with Crippen molar-refractivity contribution >= 4 is 38.9 Å². The van der Waals surface area contributed by atoms with E-state index in [9.17, 15) is 4.79 Å². The van der Waals surface area contributed by atoms with Crippen LogP contribution in [0, 0.1) is 0 Å². The molecule has 0 saturated heterocycles. The Morgan fingerprint density at radius 1 is 0.652 bits per heavy atom. The van der Waals surface area contributed by atoms with Crippen LogP contribution in [0.3, 0.4) is 0 Å². The van der Waals surface area contributed by atoms with Gasteiger partial charge in [0, 0.05) is 11.1 Å². The van der Waals surface area contributed by atoms with E-state index in [4.69, 9.17) is 11.6 Å². The number of carbonyl (C=O) groups excluding carboxylic acids is 1. The summed E-state index contributed by atoms with van der Waals surface area (Å²) in [7, 11) is 0. The van der Waals surface area contributed by atoms with E-state index < -0.39 is 0 Å². The summed E-state index contributed by atoms with van der Waals surface area (Å²) < 4.78 is 0. The van der Waals surface area contributed by atoms with E-state index in [1.165, 1.54) is 0 Å². The third-order valence-electron chi connectivity index (χ3n) is 4.14. The van der Waals surface area contributed by atoms with E-state index in [2.05, 4.69) is 12.1 Å². The number of rotatable bonds is 2. The quantitative estimate of drug-likeness (QED) is 0.333. The predicted octanol–water partition coefficient (Wildman–Crippen LogP) is 5.88. The molecule has 0 saturated carbocycles. The second kappa shape index (κ2) is 5.53. The fourth-order valence-corrected chi connectivity index (χ4v) is 3.28. The second-order valence-electron chi connectivity index (χ2n) is 5.50. The highest BCUT2D eigenvalue weighted by atomic mass is 35.5. The summed E-state index contributed by atoms with van der Waals surface area (Å²) >= 11 is 6.38. The topological polar surface area (TPSA) is 17.1 Å². The van der Waals surface area contributed by atoms with E-state index >= 15 is 0 Å². The molecule has 0 aliphatic rings. The SMILES string of the molecule is O=C(c1ccccc1)c1c(Cl)ccc2c1ccc1ccccc12. The molecule has 4 aromatic rings. The lowest BCUT2D eigenvalue weighted by molar-refractivity contribution is 0.104. The second-order valence-corrected chi connectivity index (χ2v) is 5.91. The van der Waals surface area contributed by atoms with Crippen LogP contribution in [0.15, 0.2) is 78.9 Å². The van der Waals surface area contributed by atoms with E-state index in [0.29, 0.717) is 16.1 Å². The van der Waals surface area contributed by atoms with Crippen LogP contribution in [0.25, 0.3) is 21.5 Å². The summed E-state index contributed by atoms with van der Waals surface area (Å²) in [5.41, 5.74) is 1.22. The van der Waals surface area contributed by atoms with Gasteiger partial charge in [0.25, 0.3) is 0 Å². The first-order chi connectivity index (χ1) is 11.3. The zero-order valence-corrected chi connectivity index (χ0v) is 13.0. The smallest absolute Gasteiger partial charge is 0.195 e. The fourth-order valence-electron chi connectivity index (χ4n) is 3.03. The number of benzene rings is 4. The molecule has 0 unspecified atom stereocenters.